The van der Waals surface area contributed by atoms with Crippen molar-refractivity contribution in [1.29, 1.82) is 5.26 Å². The SMILES string of the molecule is CC(=O)C1=C(C)NC(SCc2ccccc2Br)=C(C#N)[C@@H]1c1ccccc1[N+](=O)[O-]. The van der Waals surface area contributed by atoms with Crippen LogP contribution in [0.1, 0.15) is 30.9 Å². The number of ketones is 1. The van der Waals surface area contributed by atoms with E-state index < -0.39 is 10.8 Å². The van der Waals surface area contributed by atoms with Crippen LogP contribution in [0, 0.1) is 21.4 Å². The molecule has 0 fully saturated rings. The largest absolute Gasteiger partial charge is 0.353 e. The first kappa shape index (κ1) is 21.8. The highest BCUT2D eigenvalue weighted by Crippen LogP contribution is 2.44. The molecule has 0 saturated heterocycles. The Balaban J connectivity index is 2.11. The number of carbonyl (C=O) groups is 1. The van der Waals surface area contributed by atoms with Crippen molar-refractivity contribution in [3.8, 4) is 6.07 Å². The fourth-order valence-corrected chi connectivity index (χ4v) is 5.17. The van der Waals surface area contributed by atoms with Crippen LogP contribution >= 0.6 is 27.7 Å². The molecule has 1 N–H and O–H groups in total. The van der Waals surface area contributed by atoms with Gasteiger partial charge in [0.05, 0.1) is 27.5 Å². The molecular formula is C22H18BrN3O3S. The number of nitro benzene ring substituents is 1. The van der Waals surface area contributed by atoms with Gasteiger partial charge in [0, 0.05) is 33.1 Å². The van der Waals surface area contributed by atoms with Crippen molar-refractivity contribution >= 4 is 39.2 Å². The van der Waals surface area contributed by atoms with Crippen LogP contribution in [0.4, 0.5) is 5.69 Å². The van der Waals surface area contributed by atoms with E-state index in [2.05, 4.69) is 27.3 Å². The van der Waals surface area contributed by atoms with Gasteiger partial charge in [0.2, 0.25) is 0 Å². The number of hydrogen-bond acceptors (Lipinski definition) is 6. The van der Waals surface area contributed by atoms with E-state index in [9.17, 15) is 20.2 Å². The van der Waals surface area contributed by atoms with Crippen molar-refractivity contribution in [2.24, 2.45) is 0 Å². The van der Waals surface area contributed by atoms with Gasteiger partial charge in [-0.3, -0.25) is 14.9 Å². The average molecular weight is 484 g/mol. The molecule has 1 aliphatic rings. The number of allylic oxidation sites excluding steroid dienone is 3. The third kappa shape index (κ3) is 4.32. The summed E-state index contributed by atoms with van der Waals surface area (Å²) in [6, 6.07) is 16.2. The molecule has 0 bridgehead atoms. The van der Waals surface area contributed by atoms with Gasteiger partial charge in [-0.1, -0.05) is 52.3 Å². The van der Waals surface area contributed by atoms with Gasteiger partial charge in [0.1, 0.15) is 0 Å². The van der Waals surface area contributed by atoms with Crippen LogP contribution in [0.5, 0.6) is 0 Å². The van der Waals surface area contributed by atoms with E-state index in [0.717, 1.165) is 10.0 Å². The maximum Gasteiger partial charge on any atom is 0.273 e. The molecule has 0 aromatic heterocycles. The standard InChI is InChI=1S/C22H18BrN3O3S/c1-13-20(14(2)27)21(16-8-4-6-10-19(16)26(28)29)17(11-24)22(25-13)30-12-15-7-3-5-9-18(15)23/h3-10,21,25H,12H2,1-2H3/t21-/m0/s1. The van der Waals surface area contributed by atoms with Crippen LogP contribution in [0.25, 0.3) is 0 Å². The van der Waals surface area contributed by atoms with Gasteiger partial charge in [0.25, 0.3) is 5.69 Å². The monoisotopic (exact) mass is 483 g/mol. The third-order valence-corrected chi connectivity index (χ3v) is 6.64. The highest BCUT2D eigenvalue weighted by Gasteiger charge is 2.36. The Morgan fingerprint density at radius 1 is 1.27 bits per heavy atom. The quantitative estimate of drug-likeness (QED) is 0.425. The number of carbonyl (C=O) groups excluding carboxylic acids is 1. The molecule has 0 unspecified atom stereocenters. The smallest absolute Gasteiger partial charge is 0.273 e. The van der Waals surface area contributed by atoms with Crippen LogP contribution in [0.15, 0.2) is 74.9 Å². The molecule has 2 aromatic rings. The van der Waals surface area contributed by atoms with Crippen molar-refractivity contribution in [2.75, 3.05) is 0 Å². The maximum absolute atomic E-state index is 12.5. The second kappa shape index (κ2) is 9.28. The summed E-state index contributed by atoms with van der Waals surface area (Å²) in [6.45, 7) is 3.17. The number of thioether (sulfide) groups is 1. The van der Waals surface area contributed by atoms with Crippen molar-refractivity contribution in [3.63, 3.8) is 0 Å². The van der Waals surface area contributed by atoms with Gasteiger partial charge in [-0.15, -0.1) is 11.8 Å². The van der Waals surface area contributed by atoms with E-state index in [-0.39, 0.29) is 11.5 Å². The normalized spacial score (nSPS) is 16.1. The molecule has 0 radical (unpaired) electrons. The molecule has 0 aliphatic carbocycles. The lowest BCUT2D eigenvalue weighted by atomic mass is 9.80. The minimum Gasteiger partial charge on any atom is -0.353 e. The molecule has 0 saturated carbocycles. The summed E-state index contributed by atoms with van der Waals surface area (Å²) in [5.41, 5.74) is 2.54. The summed E-state index contributed by atoms with van der Waals surface area (Å²) in [4.78, 5) is 23.6. The Morgan fingerprint density at radius 2 is 1.93 bits per heavy atom. The predicted molar refractivity (Wildman–Crippen MR) is 120 cm³/mol. The van der Waals surface area contributed by atoms with Gasteiger partial charge in [0.15, 0.2) is 5.78 Å². The number of rotatable bonds is 6. The maximum atomic E-state index is 12.5. The molecule has 1 atom stereocenters. The third-order valence-electron chi connectivity index (χ3n) is 4.80. The topological polar surface area (TPSA) is 96.0 Å². The van der Waals surface area contributed by atoms with Crippen LogP contribution in [-0.4, -0.2) is 10.7 Å². The number of nitriles is 1. The summed E-state index contributed by atoms with van der Waals surface area (Å²) in [6.07, 6.45) is 0. The van der Waals surface area contributed by atoms with E-state index in [1.54, 1.807) is 25.1 Å². The van der Waals surface area contributed by atoms with Crippen molar-refractivity contribution < 1.29 is 9.72 Å². The number of benzene rings is 2. The zero-order valence-corrected chi connectivity index (χ0v) is 18.7. The number of para-hydroxylation sites is 1. The van der Waals surface area contributed by atoms with E-state index in [4.69, 9.17) is 0 Å². The van der Waals surface area contributed by atoms with Crippen LogP contribution in [0.2, 0.25) is 0 Å². The minimum absolute atomic E-state index is 0.112. The molecule has 1 aliphatic heterocycles. The Labute approximate surface area is 187 Å². The molecule has 6 nitrogen and oxygen atoms in total. The number of nitrogens with zero attached hydrogens (tertiary/aromatic N) is 2. The molecular weight excluding hydrogens is 466 g/mol. The summed E-state index contributed by atoms with van der Waals surface area (Å²) in [7, 11) is 0. The fraction of sp³-hybridized carbons (Fsp3) is 0.182. The van der Waals surface area contributed by atoms with Gasteiger partial charge >= 0.3 is 0 Å². The molecule has 3 rings (SSSR count). The lowest BCUT2D eigenvalue weighted by Gasteiger charge is -2.29. The summed E-state index contributed by atoms with van der Waals surface area (Å²) < 4.78 is 0.958. The molecule has 0 amide bonds. The molecule has 152 valence electrons. The highest BCUT2D eigenvalue weighted by atomic mass is 79.9. The van der Waals surface area contributed by atoms with Crippen LogP contribution in [-0.2, 0) is 10.5 Å². The van der Waals surface area contributed by atoms with Gasteiger partial charge in [-0.2, -0.15) is 5.26 Å². The second-order valence-corrected chi connectivity index (χ2v) is 8.54. The number of hydrogen-bond donors (Lipinski definition) is 1. The number of dihydropyridines is 1. The van der Waals surface area contributed by atoms with E-state index in [1.165, 1.54) is 24.8 Å². The van der Waals surface area contributed by atoms with Crippen molar-refractivity contribution in [3.05, 3.63) is 96.1 Å². The Hall–Kier alpha value is -2.89. The van der Waals surface area contributed by atoms with Crippen molar-refractivity contribution in [2.45, 2.75) is 25.5 Å². The van der Waals surface area contributed by atoms with Gasteiger partial charge in [-0.05, 0) is 25.5 Å². The lowest BCUT2D eigenvalue weighted by Crippen LogP contribution is -2.27. The Bertz CT molecular complexity index is 1130. The molecule has 0 spiro atoms. The Morgan fingerprint density at radius 3 is 2.57 bits per heavy atom. The number of Topliss-reactive ketones (excluding diaryl/α,β-unsaturated/α-hetero) is 1. The molecule has 2 aromatic carbocycles. The van der Waals surface area contributed by atoms with E-state index >= 15 is 0 Å². The number of nitro groups is 1. The van der Waals surface area contributed by atoms with E-state index in [1.807, 2.05) is 24.3 Å². The van der Waals surface area contributed by atoms with E-state index in [0.29, 0.717) is 33.2 Å². The lowest BCUT2D eigenvalue weighted by molar-refractivity contribution is -0.385. The number of halogens is 1. The first-order chi connectivity index (χ1) is 14.3. The zero-order chi connectivity index (χ0) is 21.8. The molecule has 30 heavy (non-hydrogen) atoms. The predicted octanol–water partition coefficient (Wildman–Crippen LogP) is 5.58. The van der Waals surface area contributed by atoms with Crippen LogP contribution < -0.4 is 5.32 Å². The first-order valence-corrected chi connectivity index (χ1v) is 10.9. The first-order valence-electron chi connectivity index (χ1n) is 9.07. The highest BCUT2D eigenvalue weighted by molar-refractivity contribution is 9.10. The van der Waals surface area contributed by atoms with Gasteiger partial charge < -0.3 is 5.32 Å². The zero-order valence-electron chi connectivity index (χ0n) is 16.3. The van der Waals surface area contributed by atoms with Gasteiger partial charge in [-0.25, -0.2) is 0 Å². The fourth-order valence-electron chi connectivity index (χ4n) is 3.47. The van der Waals surface area contributed by atoms with Crippen molar-refractivity contribution in [1.82, 2.24) is 5.32 Å². The Kier molecular flexibility index (Phi) is 6.75. The summed E-state index contributed by atoms with van der Waals surface area (Å²) in [5.74, 6) is -0.441. The number of nitrogens with one attached hydrogen (secondary N) is 1. The molecule has 8 heteroatoms. The average Bonchev–Trinajstić information content (AvgIpc) is 2.72. The van der Waals surface area contributed by atoms with Crippen LogP contribution in [0.3, 0.4) is 0 Å². The molecule has 1 heterocycles. The minimum atomic E-state index is -0.794. The second-order valence-electron chi connectivity index (χ2n) is 6.70. The summed E-state index contributed by atoms with van der Waals surface area (Å²) in [5, 5.41) is 25.4. The summed E-state index contributed by atoms with van der Waals surface area (Å²) >= 11 is 4.95.